The first-order chi connectivity index (χ1) is 8.15. The maximum atomic E-state index is 11.1. The Morgan fingerprint density at radius 1 is 1.35 bits per heavy atom. The number of aromatic nitrogens is 3. The van der Waals surface area contributed by atoms with Gasteiger partial charge in [-0.05, 0) is 36.4 Å². The first-order valence-electron chi connectivity index (χ1n) is 5.02. The average molecular weight is 249 g/mol. The summed E-state index contributed by atoms with van der Waals surface area (Å²) in [6.45, 7) is 1.69. The van der Waals surface area contributed by atoms with E-state index in [9.17, 15) is 9.90 Å². The molecular weight excluding hydrogens is 238 g/mol. The third-order valence-electron chi connectivity index (χ3n) is 2.09. The second kappa shape index (κ2) is 5.11. The van der Waals surface area contributed by atoms with Crippen molar-refractivity contribution in [3.8, 4) is 0 Å². The van der Waals surface area contributed by atoms with Crippen LogP contribution in [0.3, 0.4) is 0 Å². The summed E-state index contributed by atoms with van der Waals surface area (Å²) in [5.41, 5.74) is 0.579. The highest BCUT2D eigenvalue weighted by Crippen LogP contribution is 2.23. The van der Waals surface area contributed by atoms with Crippen molar-refractivity contribution in [2.45, 2.75) is 23.2 Å². The lowest BCUT2D eigenvalue weighted by Crippen LogP contribution is -2.05. The van der Waals surface area contributed by atoms with Gasteiger partial charge in [-0.1, -0.05) is 0 Å². The molecule has 0 radical (unpaired) electrons. The fourth-order valence-electron chi connectivity index (χ4n) is 1.24. The van der Waals surface area contributed by atoms with E-state index in [-0.39, 0.29) is 5.56 Å². The number of aliphatic hydroxyl groups is 1. The van der Waals surface area contributed by atoms with Gasteiger partial charge in [-0.15, -0.1) is 0 Å². The molecule has 0 bridgehead atoms. The van der Waals surface area contributed by atoms with Crippen molar-refractivity contribution in [1.82, 2.24) is 15.0 Å². The summed E-state index contributed by atoms with van der Waals surface area (Å²) < 4.78 is 0. The number of aliphatic hydroxyl groups excluding tert-OH is 1. The Hall–Kier alpha value is -1.66. The summed E-state index contributed by atoms with van der Waals surface area (Å²) in [5, 5.41) is 10.6. The summed E-state index contributed by atoms with van der Waals surface area (Å²) in [6, 6.07) is 4.86. The van der Waals surface area contributed by atoms with E-state index >= 15 is 0 Å². The maximum absolute atomic E-state index is 11.1. The van der Waals surface area contributed by atoms with Crippen LogP contribution in [0.5, 0.6) is 0 Å². The second-order valence-corrected chi connectivity index (χ2v) is 4.45. The molecular formula is C11H11N3O2S. The molecule has 2 heterocycles. The Bertz CT molecular complexity index is 568. The van der Waals surface area contributed by atoms with Crippen molar-refractivity contribution in [2.75, 3.05) is 0 Å². The van der Waals surface area contributed by atoms with Crippen LogP contribution in [0.1, 0.15) is 18.6 Å². The van der Waals surface area contributed by atoms with Crippen molar-refractivity contribution in [2.24, 2.45) is 0 Å². The molecule has 6 heteroatoms. The molecule has 0 aliphatic rings. The Morgan fingerprint density at radius 3 is 2.82 bits per heavy atom. The molecule has 0 unspecified atom stereocenters. The van der Waals surface area contributed by atoms with E-state index in [0.717, 1.165) is 5.56 Å². The number of nitrogens with one attached hydrogen (secondary N) is 1. The summed E-state index contributed by atoms with van der Waals surface area (Å²) in [5.74, 6) is 0. The minimum atomic E-state index is -0.542. The summed E-state index contributed by atoms with van der Waals surface area (Å²) in [6.07, 6.45) is 2.52. The molecule has 17 heavy (non-hydrogen) atoms. The number of H-pyrrole nitrogens is 1. The van der Waals surface area contributed by atoms with Gasteiger partial charge in [0.1, 0.15) is 5.03 Å². The van der Waals surface area contributed by atoms with E-state index < -0.39 is 6.10 Å². The quantitative estimate of drug-likeness (QED) is 0.803. The fourth-order valence-corrected chi connectivity index (χ4v) is 2.02. The van der Waals surface area contributed by atoms with Crippen molar-refractivity contribution >= 4 is 11.8 Å². The van der Waals surface area contributed by atoms with Gasteiger partial charge in [-0.2, -0.15) is 0 Å². The summed E-state index contributed by atoms with van der Waals surface area (Å²) in [7, 11) is 0. The van der Waals surface area contributed by atoms with Crippen LogP contribution in [0.4, 0.5) is 0 Å². The number of nitrogens with zero attached hydrogens (tertiary/aromatic N) is 2. The van der Waals surface area contributed by atoms with E-state index in [2.05, 4.69) is 15.0 Å². The van der Waals surface area contributed by atoms with Gasteiger partial charge in [0, 0.05) is 18.5 Å². The van der Waals surface area contributed by atoms with Crippen LogP contribution in [0.25, 0.3) is 0 Å². The predicted molar refractivity (Wildman–Crippen MR) is 63.9 cm³/mol. The third-order valence-corrected chi connectivity index (χ3v) is 2.92. The smallest absolute Gasteiger partial charge is 0.251 e. The van der Waals surface area contributed by atoms with Gasteiger partial charge in [0.2, 0.25) is 0 Å². The average Bonchev–Trinajstić information content (AvgIpc) is 2.29. The zero-order valence-electron chi connectivity index (χ0n) is 9.12. The standard InChI is InChI=1S/C11H11N3O2S/c1-7(15)8-2-4-12-10(6-8)17-11-13-5-3-9(16)14-11/h2-7,15H,1H3,(H,13,14,16)/t7-/m0/s1. The lowest BCUT2D eigenvalue weighted by Gasteiger charge is -2.05. The molecule has 2 rings (SSSR count). The summed E-state index contributed by atoms with van der Waals surface area (Å²) in [4.78, 5) is 21.8. The first-order valence-corrected chi connectivity index (χ1v) is 5.84. The maximum Gasteiger partial charge on any atom is 0.251 e. The SMILES string of the molecule is C[C@H](O)c1ccnc(Sc2nccc(=O)[nH]2)c1. The molecule has 2 aromatic rings. The highest BCUT2D eigenvalue weighted by Gasteiger charge is 2.05. The number of pyridine rings is 1. The van der Waals surface area contributed by atoms with Crippen LogP contribution in [0, 0.1) is 0 Å². The van der Waals surface area contributed by atoms with Crippen LogP contribution >= 0.6 is 11.8 Å². The van der Waals surface area contributed by atoms with Crippen LogP contribution < -0.4 is 5.56 Å². The van der Waals surface area contributed by atoms with Gasteiger partial charge < -0.3 is 10.1 Å². The molecule has 0 aliphatic carbocycles. The minimum absolute atomic E-state index is 0.200. The second-order valence-electron chi connectivity index (χ2n) is 3.44. The number of hydrogen-bond donors (Lipinski definition) is 2. The Labute approximate surface area is 102 Å². The zero-order chi connectivity index (χ0) is 12.3. The van der Waals surface area contributed by atoms with E-state index in [1.807, 2.05) is 0 Å². The molecule has 88 valence electrons. The topological polar surface area (TPSA) is 78.9 Å². The van der Waals surface area contributed by atoms with Gasteiger partial charge in [0.15, 0.2) is 5.16 Å². The molecule has 1 atom stereocenters. The van der Waals surface area contributed by atoms with E-state index in [0.29, 0.717) is 10.2 Å². The largest absolute Gasteiger partial charge is 0.389 e. The van der Waals surface area contributed by atoms with E-state index in [4.69, 9.17) is 0 Å². The molecule has 0 saturated carbocycles. The van der Waals surface area contributed by atoms with Crippen LogP contribution in [-0.2, 0) is 0 Å². The van der Waals surface area contributed by atoms with Gasteiger partial charge in [0.25, 0.3) is 5.56 Å². The van der Waals surface area contributed by atoms with Crippen LogP contribution in [0.2, 0.25) is 0 Å². The van der Waals surface area contributed by atoms with Crippen LogP contribution in [-0.4, -0.2) is 20.1 Å². The zero-order valence-corrected chi connectivity index (χ0v) is 9.94. The molecule has 0 saturated heterocycles. The Kier molecular flexibility index (Phi) is 3.55. The first kappa shape index (κ1) is 11.8. The highest BCUT2D eigenvalue weighted by molar-refractivity contribution is 7.99. The van der Waals surface area contributed by atoms with Gasteiger partial charge in [-0.3, -0.25) is 4.79 Å². The van der Waals surface area contributed by atoms with E-state index in [1.165, 1.54) is 24.0 Å². The predicted octanol–water partition coefficient (Wildman–Crippen LogP) is 1.37. The Morgan fingerprint density at radius 2 is 2.12 bits per heavy atom. The van der Waals surface area contributed by atoms with E-state index in [1.54, 1.807) is 25.3 Å². The van der Waals surface area contributed by atoms with Gasteiger partial charge in [0.05, 0.1) is 6.10 Å². The lowest BCUT2D eigenvalue weighted by atomic mass is 10.2. The van der Waals surface area contributed by atoms with Gasteiger partial charge in [-0.25, -0.2) is 9.97 Å². The number of hydrogen-bond acceptors (Lipinski definition) is 5. The molecule has 0 amide bonds. The molecule has 5 nitrogen and oxygen atoms in total. The summed E-state index contributed by atoms with van der Waals surface area (Å²) >= 11 is 1.24. The number of rotatable bonds is 3. The highest BCUT2D eigenvalue weighted by atomic mass is 32.2. The minimum Gasteiger partial charge on any atom is -0.389 e. The van der Waals surface area contributed by atoms with Crippen LogP contribution in [0.15, 0.2) is 45.6 Å². The van der Waals surface area contributed by atoms with Crippen molar-refractivity contribution in [3.05, 3.63) is 46.5 Å². The monoisotopic (exact) mass is 249 g/mol. The third kappa shape index (κ3) is 3.15. The van der Waals surface area contributed by atoms with Gasteiger partial charge >= 0.3 is 0 Å². The van der Waals surface area contributed by atoms with Crippen molar-refractivity contribution < 1.29 is 5.11 Å². The Balaban J connectivity index is 2.24. The fraction of sp³-hybridized carbons (Fsp3) is 0.182. The molecule has 0 spiro atoms. The molecule has 0 fully saturated rings. The van der Waals surface area contributed by atoms with Crippen molar-refractivity contribution in [3.63, 3.8) is 0 Å². The molecule has 2 aromatic heterocycles. The number of aromatic amines is 1. The normalized spacial score (nSPS) is 12.4. The molecule has 2 N–H and O–H groups in total. The van der Waals surface area contributed by atoms with Crippen molar-refractivity contribution in [1.29, 1.82) is 0 Å². The molecule has 0 aliphatic heterocycles. The lowest BCUT2D eigenvalue weighted by molar-refractivity contribution is 0.199. The molecule has 0 aromatic carbocycles.